The van der Waals surface area contributed by atoms with Crippen molar-refractivity contribution >= 4 is 0 Å². The van der Waals surface area contributed by atoms with E-state index in [0.29, 0.717) is 5.75 Å². The van der Waals surface area contributed by atoms with Crippen LogP contribution in [0, 0.1) is 6.92 Å². The molecule has 0 spiro atoms. The summed E-state index contributed by atoms with van der Waals surface area (Å²) in [5.41, 5.74) is 3.45. The van der Waals surface area contributed by atoms with Gasteiger partial charge < -0.3 is 10.4 Å². The second kappa shape index (κ2) is 5.23. The van der Waals surface area contributed by atoms with Gasteiger partial charge in [-0.25, -0.2) is 0 Å². The molecule has 0 aliphatic carbocycles. The van der Waals surface area contributed by atoms with E-state index in [-0.39, 0.29) is 6.04 Å². The maximum Gasteiger partial charge on any atom is 0.115 e. The van der Waals surface area contributed by atoms with Crippen LogP contribution in [0.3, 0.4) is 0 Å². The van der Waals surface area contributed by atoms with Crippen LogP contribution >= 0.6 is 0 Å². The van der Waals surface area contributed by atoms with Crippen molar-refractivity contribution in [2.24, 2.45) is 7.05 Å². The van der Waals surface area contributed by atoms with Gasteiger partial charge in [-0.2, -0.15) is 5.10 Å². The number of aromatic nitrogens is 2. The Morgan fingerprint density at radius 1 is 1.44 bits per heavy atom. The summed E-state index contributed by atoms with van der Waals surface area (Å²) in [4.78, 5) is 0. The second-order valence-corrected chi connectivity index (χ2v) is 4.58. The van der Waals surface area contributed by atoms with Gasteiger partial charge in [-0.15, -0.1) is 0 Å². The maximum absolute atomic E-state index is 9.40. The summed E-state index contributed by atoms with van der Waals surface area (Å²) in [6.45, 7) is 4.91. The Morgan fingerprint density at radius 3 is 2.83 bits per heavy atom. The molecule has 0 fully saturated rings. The smallest absolute Gasteiger partial charge is 0.115 e. The Labute approximate surface area is 107 Å². The fourth-order valence-electron chi connectivity index (χ4n) is 1.99. The molecule has 2 N–H and O–H groups in total. The minimum atomic E-state index is 0.237. The third kappa shape index (κ3) is 2.71. The first-order valence-corrected chi connectivity index (χ1v) is 6.07. The van der Waals surface area contributed by atoms with Crippen molar-refractivity contribution in [2.75, 3.05) is 0 Å². The van der Waals surface area contributed by atoms with E-state index in [1.807, 2.05) is 30.1 Å². The van der Waals surface area contributed by atoms with Gasteiger partial charge in [-0.05, 0) is 31.5 Å². The van der Waals surface area contributed by atoms with Crippen molar-refractivity contribution in [3.8, 4) is 5.75 Å². The highest BCUT2D eigenvalue weighted by molar-refractivity contribution is 5.27. The summed E-state index contributed by atoms with van der Waals surface area (Å²) in [5.74, 6) is 0.305. The van der Waals surface area contributed by atoms with Gasteiger partial charge in [0.1, 0.15) is 5.75 Å². The van der Waals surface area contributed by atoms with Crippen molar-refractivity contribution in [1.29, 1.82) is 0 Å². The predicted octanol–water partition coefficient (Wildman–Crippen LogP) is 2.28. The summed E-state index contributed by atoms with van der Waals surface area (Å²) in [6, 6.07) is 7.54. The topological polar surface area (TPSA) is 50.1 Å². The zero-order valence-electron chi connectivity index (χ0n) is 11.0. The first kappa shape index (κ1) is 12.6. The average Bonchev–Trinajstić information content (AvgIpc) is 2.67. The van der Waals surface area contributed by atoms with Gasteiger partial charge in [0.05, 0.1) is 6.20 Å². The summed E-state index contributed by atoms with van der Waals surface area (Å²) < 4.78 is 1.88. The lowest BCUT2D eigenvalue weighted by molar-refractivity contribution is 0.473. The normalized spacial score (nSPS) is 12.6. The van der Waals surface area contributed by atoms with E-state index in [1.54, 1.807) is 12.1 Å². The molecule has 1 unspecified atom stereocenters. The molecule has 2 aromatic rings. The lowest BCUT2D eigenvalue weighted by Crippen LogP contribution is -2.18. The number of hydrogen-bond acceptors (Lipinski definition) is 3. The molecule has 2 rings (SSSR count). The third-order valence-corrected chi connectivity index (χ3v) is 3.26. The molecule has 1 heterocycles. The minimum Gasteiger partial charge on any atom is -0.508 e. The van der Waals surface area contributed by atoms with Crippen LogP contribution in [-0.2, 0) is 13.6 Å². The number of aromatic hydroxyl groups is 1. The fraction of sp³-hybridized carbons (Fsp3) is 0.357. The lowest BCUT2D eigenvalue weighted by atomic mass is 10.1. The van der Waals surface area contributed by atoms with E-state index in [4.69, 9.17) is 0 Å². The van der Waals surface area contributed by atoms with Crippen molar-refractivity contribution in [1.82, 2.24) is 15.1 Å². The molecule has 0 bridgehead atoms. The number of phenols is 1. The summed E-state index contributed by atoms with van der Waals surface area (Å²) in [7, 11) is 1.95. The highest BCUT2D eigenvalue weighted by Gasteiger charge is 2.11. The number of aryl methyl sites for hydroxylation is 1. The Morgan fingerprint density at radius 2 is 2.22 bits per heavy atom. The van der Waals surface area contributed by atoms with Crippen LogP contribution in [-0.4, -0.2) is 14.9 Å². The molecular formula is C14H19N3O. The zero-order chi connectivity index (χ0) is 13.1. The molecule has 96 valence electrons. The first-order chi connectivity index (χ1) is 8.58. The lowest BCUT2D eigenvalue weighted by Gasteiger charge is -2.13. The van der Waals surface area contributed by atoms with Crippen molar-refractivity contribution in [2.45, 2.75) is 26.4 Å². The highest BCUT2D eigenvalue weighted by Crippen LogP contribution is 2.17. The van der Waals surface area contributed by atoms with Crippen LogP contribution in [0.1, 0.15) is 29.8 Å². The van der Waals surface area contributed by atoms with E-state index in [2.05, 4.69) is 24.3 Å². The van der Waals surface area contributed by atoms with Gasteiger partial charge in [0.25, 0.3) is 0 Å². The van der Waals surface area contributed by atoms with Crippen molar-refractivity contribution in [3.05, 3.63) is 47.3 Å². The van der Waals surface area contributed by atoms with Gasteiger partial charge in [0.2, 0.25) is 0 Å². The van der Waals surface area contributed by atoms with Gasteiger partial charge >= 0.3 is 0 Å². The predicted molar refractivity (Wildman–Crippen MR) is 71.3 cm³/mol. The molecule has 0 aliphatic heterocycles. The number of nitrogens with one attached hydrogen (secondary N) is 1. The number of nitrogens with zero attached hydrogens (tertiary/aromatic N) is 2. The van der Waals surface area contributed by atoms with Crippen LogP contribution in [0.5, 0.6) is 5.75 Å². The third-order valence-electron chi connectivity index (χ3n) is 3.26. The fourth-order valence-corrected chi connectivity index (χ4v) is 1.99. The van der Waals surface area contributed by atoms with Gasteiger partial charge in [-0.1, -0.05) is 12.1 Å². The molecule has 4 nitrogen and oxygen atoms in total. The van der Waals surface area contributed by atoms with Crippen LogP contribution in [0.15, 0.2) is 30.5 Å². The van der Waals surface area contributed by atoms with E-state index < -0.39 is 0 Å². The van der Waals surface area contributed by atoms with Crippen molar-refractivity contribution in [3.63, 3.8) is 0 Å². The van der Waals surface area contributed by atoms with Gasteiger partial charge in [-0.3, -0.25) is 4.68 Å². The molecule has 0 saturated carbocycles. The summed E-state index contributed by atoms with van der Waals surface area (Å²) in [5, 5.41) is 17.1. The maximum atomic E-state index is 9.40. The second-order valence-electron chi connectivity index (χ2n) is 4.58. The number of benzene rings is 1. The number of hydrogen-bond donors (Lipinski definition) is 2. The summed E-state index contributed by atoms with van der Waals surface area (Å²) in [6.07, 6.45) is 1.90. The number of phenolic OH excluding ortho intramolecular Hbond substituents is 1. The Kier molecular flexibility index (Phi) is 3.67. The average molecular weight is 245 g/mol. The minimum absolute atomic E-state index is 0.237. The molecule has 1 aromatic carbocycles. The molecule has 18 heavy (non-hydrogen) atoms. The van der Waals surface area contributed by atoms with E-state index in [0.717, 1.165) is 12.1 Å². The van der Waals surface area contributed by atoms with Crippen LogP contribution in [0.4, 0.5) is 0 Å². The summed E-state index contributed by atoms with van der Waals surface area (Å²) >= 11 is 0. The van der Waals surface area contributed by atoms with Gasteiger partial charge in [0.15, 0.2) is 0 Å². The zero-order valence-corrected chi connectivity index (χ0v) is 11.0. The van der Waals surface area contributed by atoms with Gasteiger partial charge in [0, 0.05) is 30.9 Å². The van der Waals surface area contributed by atoms with E-state index in [1.165, 1.54) is 11.3 Å². The molecule has 1 aromatic heterocycles. The SMILES string of the molecule is Cc1c(C(C)NCc2cccc(O)c2)cnn1C. The highest BCUT2D eigenvalue weighted by atomic mass is 16.3. The van der Waals surface area contributed by atoms with Crippen LogP contribution < -0.4 is 5.32 Å². The Bertz CT molecular complexity index is 534. The monoisotopic (exact) mass is 245 g/mol. The Hall–Kier alpha value is -1.81. The molecular weight excluding hydrogens is 226 g/mol. The number of rotatable bonds is 4. The quantitative estimate of drug-likeness (QED) is 0.869. The standard InChI is InChI=1S/C14H19N3O/c1-10(14-9-16-17(3)11(14)2)15-8-12-5-4-6-13(18)7-12/h4-7,9-10,15,18H,8H2,1-3H3. The molecule has 0 aliphatic rings. The molecule has 0 saturated heterocycles. The van der Waals surface area contributed by atoms with Crippen LogP contribution in [0.25, 0.3) is 0 Å². The van der Waals surface area contributed by atoms with Crippen LogP contribution in [0.2, 0.25) is 0 Å². The largest absolute Gasteiger partial charge is 0.508 e. The molecule has 0 radical (unpaired) electrons. The van der Waals surface area contributed by atoms with Crippen molar-refractivity contribution < 1.29 is 5.11 Å². The first-order valence-electron chi connectivity index (χ1n) is 6.07. The Balaban J connectivity index is 2.00. The van der Waals surface area contributed by atoms with E-state index >= 15 is 0 Å². The molecule has 0 amide bonds. The molecule has 4 heteroatoms. The van der Waals surface area contributed by atoms with E-state index in [9.17, 15) is 5.11 Å². The molecule has 1 atom stereocenters.